The van der Waals surface area contributed by atoms with Crippen molar-refractivity contribution in [3.8, 4) is 95.0 Å². The van der Waals surface area contributed by atoms with E-state index in [2.05, 4.69) is 335 Å². The molecule has 23 rings (SSSR count). The summed E-state index contributed by atoms with van der Waals surface area (Å²) in [5.41, 5.74) is 28.4. The lowest BCUT2D eigenvalue weighted by molar-refractivity contribution is 1.19. The summed E-state index contributed by atoms with van der Waals surface area (Å²) in [5, 5.41) is 20.3. The molecule has 0 unspecified atom stereocenters. The average Bonchev–Trinajstić information content (AvgIpc) is 1.48. The molecule has 4 heterocycles. The summed E-state index contributed by atoms with van der Waals surface area (Å²) in [6, 6.07) is 122. The molecule has 3 nitrogen and oxygen atoms in total. The maximum absolute atomic E-state index is 2.54. The van der Waals surface area contributed by atoms with Crippen molar-refractivity contribution in [3.63, 3.8) is 0 Å². The second-order valence-corrected chi connectivity index (χ2v) is 28.1. The predicted octanol–water partition coefficient (Wildman–Crippen LogP) is 26.3. The van der Waals surface area contributed by atoms with Crippen LogP contribution in [0.1, 0.15) is 0 Å². The Morgan fingerprint density at radius 2 is 0.612 bits per heavy atom. The van der Waals surface area contributed by atoms with Crippen LogP contribution in [0, 0.1) is 0 Å². The van der Waals surface area contributed by atoms with E-state index in [1.54, 1.807) is 0 Å². The Hall–Kier alpha value is -12.6. The lowest BCUT2D eigenvalue weighted by Crippen LogP contribution is -1.95. The van der Waals surface area contributed by atoms with Gasteiger partial charge in [0.05, 0.1) is 33.1 Å². The minimum absolute atomic E-state index is 1.15. The van der Waals surface area contributed by atoms with Gasteiger partial charge < -0.3 is 13.7 Å². The van der Waals surface area contributed by atoms with E-state index in [0.717, 1.165) is 11.4 Å². The number of rotatable bonds is 6. The fraction of sp³-hybridized carbons (Fsp3) is 0. The third-order valence-electron chi connectivity index (χ3n) is 22.0. The van der Waals surface area contributed by atoms with Gasteiger partial charge in [-0.05, 0) is 219 Å². The lowest BCUT2D eigenvalue weighted by atomic mass is 9.95. The van der Waals surface area contributed by atoms with Crippen LogP contribution in [0.3, 0.4) is 0 Å². The number of hydrogen-bond acceptors (Lipinski definition) is 1. The van der Waals surface area contributed by atoms with E-state index in [9.17, 15) is 0 Å². The first-order valence-electron chi connectivity index (χ1n) is 33.9. The van der Waals surface area contributed by atoms with Gasteiger partial charge in [-0.3, -0.25) is 0 Å². The summed E-state index contributed by atoms with van der Waals surface area (Å²) in [4.78, 5) is 0. The second kappa shape index (κ2) is 19.5. The highest BCUT2D eigenvalue weighted by molar-refractivity contribution is 7.25. The summed E-state index contributed by atoms with van der Waals surface area (Å²) in [6.07, 6.45) is 0. The average molecular weight is 1260 g/mol. The molecule has 21 aromatic rings. The molecule has 2 aliphatic rings. The van der Waals surface area contributed by atoms with Crippen molar-refractivity contribution in [3.05, 3.63) is 322 Å². The summed E-state index contributed by atoms with van der Waals surface area (Å²) in [5.74, 6) is 0. The zero-order valence-corrected chi connectivity index (χ0v) is 53.7. The number of aromatic nitrogens is 3. The first-order valence-corrected chi connectivity index (χ1v) is 34.8. The van der Waals surface area contributed by atoms with Crippen molar-refractivity contribution in [2.24, 2.45) is 0 Å². The van der Waals surface area contributed by atoms with E-state index in [0.29, 0.717) is 0 Å². The molecule has 0 spiro atoms. The standard InChI is InChI=1S/C94H53N3S/c1-2-18-62(19-3-1)97-87-42-36-56(49-83(87)93-76-27-10-8-20-65(76)68-23-9-11-28-77(68)94(93)97)54-35-41-86-79(47-54)72-38-32-58(50-88(72)96(86)64-45-61-17-15-30-75-67-22-5-7-25-70(67)82(53-64)92(61)75)59-33-39-73-80-48-57(37-43-89(80)98-90(73)51-59)55-34-40-85-78(46-55)71-26-12-13-31-84(71)95(85)63-44-60-16-14-29-74-66-21-4-6-24-69(66)81(52-63)91(60)74/h1-53H. The SMILES string of the molecule is c1ccc(-n2c3ccc(-c4ccc5c(c4)c4ccc(-c6ccc7c(c6)sc6ccc(-c8ccc9c(c8)c8ccccc8n9-c8cc9c%10c(cccc%10c8)-c8ccccc8-9)cc67)cc4n5-c4cc5c6c(cccc6c4)-c4ccccc4-5)cc3c3c4ccccc4c4ccccc4c32)cc1. The molecule has 0 saturated heterocycles. The highest BCUT2D eigenvalue weighted by Gasteiger charge is 2.27. The zero-order valence-electron chi connectivity index (χ0n) is 52.8. The Bertz CT molecular complexity index is 7170. The van der Waals surface area contributed by atoms with Crippen LogP contribution in [0.5, 0.6) is 0 Å². The minimum atomic E-state index is 1.15. The lowest BCUT2D eigenvalue weighted by Gasteiger charge is -2.13. The molecular formula is C94H53N3S. The van der Waals surface area contributed by atoms with Crippen LogP contribution in [0.25, 0.3) is 224 Å². The van der Waals surface area contributed by atoms with Crippen LogP contribution in [0.15, 0.2) is 322 Å². The van der Waals surface area contributed by atoms with Crippen LogP contribution >= 0.6 is 11.3 Å². The number of fused-ring (bicyclic) bond motifs is 23. The van der Waals surface area contributed by atoms with Crippen molar-refractivity contribution < 1.29 is 0 Å². The van der Waals surface area contributed by atoms with Crippen molar-refractivity contribution >= 4 is 140 Å². The minimum Gasteiger partial charge on any atom is -0.309 e. The van der Waals surface area contributed by atoms with E-state index < -0.39 is 0 Å². The van der Waals surface area contributed by atoms with E-state index in [1.165, 1.54) is 212 Å². The highest BCUT2D eigenvalue weighted by atomic mass is 32.1. The molecule has 17 aromatic carbocycles. The highest BCUT2D eigenvalue weighted by Crippen LogP contribution is 2.52. The molecule has 4 aromatic heterocycles. The van der Waals surface area contributed by atoms with E-state index >= 15 is 0 Å². The van der Waals surface area contributed by atoms with Gasteiger partial charge in [0.25, 0.3) is 0 Å². The molecule has 2 aliphatic carbocycles. The van der Waals surface area contributed by atoms with Gasteiger partial charge in [-0.2, -0.15) is 0 Å². The predicted molar refractivity (Wildman–Crippen MR) is 418 cm³/mol. The smallest absolute Gasteiger partial charge is 0.0625 e. The molecule has 0 bridgehead atoms. The number of nitrogens with zero attached hydrogens (tertiary/aromatic N) is 3. The van der Waals surface area contributed by atoms with Crippen molar-refractivity contribution in [2.45, 2.75) is 0 Å². The summed E-state index contributed by atoms with van der Waals surface area (Å²) in [6.45, 7) is 0. The van der Waals surface area contributed by atoms with Gasteiger partial charge in [-0.15, -0.1) is 11.3 Å². The van der Waals surface area contributed by atoms with Crippen molar-refractivity contribution in [2.75, 3.05) is 0 Å². The molecule has 0 saturated carbocycles. The molecule has 0 N–H and O–H groups in total. The maximum atomic E-state index is 2.54. The van der Waals surface area contributed by atoms with Gasteiger partial charge in [0, 0.05) is 74.9 Å². The molecular weight excluding hydrogens is 1200 g/mol. The first-order chi connectivity index (χ1) is 48.6. The number of thiophene rings is 1. The van der Waals surface area contributed by atoms with Gasteiger partial charge in [0.15, 0.2) is 0 Å². The monoisotopic (exact) mass is 1260 g/mol. The Morgan fingerprint density at radius 1 is 0.184 bits per heavy atom. The Morgan fingerprint density at radius 3 is 1.24 bits per heavy atom. The molecule has 4 heteroatoms. The van der Waals surface area contributed by atoms with Gasteiger partial charge >= 0.3 is 0 Å². The third-order valence-corrected chi connectivity index (χ3v) is 23.1. The number of benzene rings is 17. The zero-order chi connectivity index (χ0) is 63.6. The summed E-state index contributed by atoms with van der Waals surface area (Å²) < 4.78 is 10.1. The topological polar surface area (TPSA) is 14.8 Å². The maximum Gasteiger partial charge on any atom is 0.0625 e. The first kappa shape index (κ1) is 52.7. The van der Waals surface area contributed by atoms with Crippen LogP contribution < -0.4 is 0 Å². The van der Waals surface area contributed by atoms with Crippen molar-refractivity contribution in [1.29, 1.82) is 0 Å². The van der Waals surface area contributed by atoms with Gasteiger partial charge in [-0.1, -0.05) is 218 Å². The molecule has 0 radical (unpaired) electrons. The molecule has 450 valence electrons. The van der Waals surface area contributed by atoms with E-state index in [-0.39, 0.29) is 0 Å². The molecule has 0 amide bonds. The second-order valence-electron chi connectivity index (χ2n) is 27.0. The van der Waals surface area contributed by atoms with Gasteiger partial charge in [-0.25, -0.2) is 0 Å². The molecule has 0 fully saturated rings. The quantitative estimate of drug-likeness (QED) is 0.147. The number of para-hydroxylation sites is 2. The van der Waals surface area contributed by atoms with E-state index in [1.807, 2.05) is 11.3 Å². The summed E-state index contributed by atoms with van der Waals surface area (Å²) >= 11 is 1.89. The van der Waals surface area contributed by atoms with Crippen LogP contribution in [0.4, 0.5) is 0 Å². The fourth-order valence-corrected chi connectivity index (χ4v) is 18.9. The third kappa shape index (κ3) is 7.20. The molecule has 0 aliphatic heterocycles. The van der Waals surface area contributed by atoms with E-state index in [4.69, 9.17) is 0 Å². The molecule has 0 atom stereocenters. The van der Waals surface area contributed by atoms with Crippen LogP contribution in [0.2, 0.25) is 0 Å². The van der Waals surface area contributed by atoms with Gasteiger partial charge in [0.2, 0.25) is 0 Å². The van der Waals surface area contributed by atoms with Crippen molar-refractivity contribution in [1.82, 2.24) is 13.7 Å². The summed E-state index contributed by atoms with van der Waals surface area (Å²) in [7, 11) is 0. The largest absolute Gasteiger partial charge is 0.309 e. The van der Waals surface area contributed by atoms with Crippen LogP contribution in [-0.2, 0) is 0 Å². The fourth-order valence-electron chi connectivity index (χ4n) is 17.8. The molecule has 98 heavy (non-hydrogen) atoms. The Labute approximate surface area is 566 Å². The Balaban J connectivity index is 0.663. The Kier molecular flexibility index (Phi) is 10.5. The number of hydrogen-bond donors (Lipinski definition) is 0. The normalized spacial score (nSPS) is 12.5. The van der Waals surface area contributed by atoms with Crippen LogP contribution in [-0.4, -0.2) is 13.7 Å². The van der Waals surface area contributed by atoms with Gasteiger partial charge in [0.1, 0.15) is 0 Å².